The van der Waals surface area contributed by atoms with E-state index < -0.39 is 0 Å². The van der Waals surface area contributed by atoms with Crippen molar-refractivity contribution < 1.29 is 0 Å². The highest BCUT2D eigenvalue weighted by molar-refractivity contribution is 7.12. The first-order chi connectivity index (χ1) is 6.32. The second kappa shape index (κ2) is 4.06. The normalized spacial score (nSPS) is 14.8. The topological polar surface area (TPSA) is 0 Å². The maximum absolute atomic E-state index is 2.32. The molecule has 1 aromatic rings. The highest BCUT2D eigenvalue weighted by atomic mass is 32.1. The number of rotatable bonds is 2. The molecule has 80 valence electrons. The minimum Gasteiger partial charge on any atom is -0.145 e. The molecule has 0 aliphatic heterocycles. The quantitative estimate of drug-likeness (QED) is 0.657. The first kappa shape index (κ1) is 11.8. The first-order valence-electron chi connectivity index (χ1n) is 5.42. The summed E-state index contributed by atoms with van der Waals surface area (Å²) in [6.45, 7) is 13.7. The fourth-order valence-corrected chi connectivity index (χ4v) is 2.62. The highest BCUT2D eigenvalue weighted by Gasteiger charge is 2.18. The Kier molecular flexibility index (Phi) is 3.41. The van der Waals surface area contributed by atoms with Gasteiger partial charge in [-0.3, -0.25) is 0 Å². The molecule has 0 amide bonds. The molecule has 0 fully saturated rings. The molecule has 1 rings (SSSR count). The van der Waals surface area contributed by atoms with Crippen LogP contribution in [-0.2, 0) is 5.41 Å². The van der Waals surface area contributed by atoms with E-state index in [1.165, 1.54) is 9.75 Å². The standard InChI is InChI=1S/C13H22S/c1-9(2)10(3)11-7-8-12(14-11)13(4,5)6/h7-10H,1-6H3. The van der Waals surface area contributed by atoms with Crippen LogP contribution in [0.2, 0.25) is 0 Å². The van der Waals surface area contributed by atoms with Gasteiger partial charge in [-0.1, -0.05) is 41.5 Å². The van der Waals surface area contributed by atoms with Crippen LogP contribution < -0.4 is 0 Å². The lowest BCUT2D eigenvalue weighted by Gasteiger charge is -2.16. The summed E-state index contributed by atoms with van der Waals surface area (Å²) in [5, 5.41) is 0. The Bertz CT molecular complexity index is 288. The third kappa shape index (κ3) is 2.60. The average Bonchev–Trinajstić information content (AvgIpc) is 2.49. The molecule has 1 aromatic heterocycles. The smallest absolute Gasteiger partial charge is 0.0102 e. The molecule has 14 heavy (non-hydrogen) atoms. The second-order valence-corrected chi connectivity index (χ2v) is 6.60. The van der Waals surface area contributed by atoms with Gasteiger partial charge in [0.15, 0.2) is 0 Å². The zero-order valence-corrected chi connectivity index (χ0v) is 11.0. The summed E-state index contributed by atoms with van der Waals surface area (Å²) in [5.41, 5.74) is 0.305. The van der Waals surface area contributed by atoms with E-state index in [2.05, 4.69) is 53.7 Å². The molecule has 1 unspecified atom stereocenters. The molecule has 1 atom stereocenters. The van der Waals surface area contributed by atoms with Crippen molar-refractivity contribution in [2.75, 3.05) is 0 Å². The fourth-order valence-electron chi connectivity index (χ4n) is 1.33. The monoisotopic (exact) mass is 210 g/mol. The van der Waals surface area contributed by atoms with Crippen molar-refractivity contribution in [1.82, 2.24) is 0 Å². The number of thiophene rings is 1. The van der Waals surface area contributed by atoms with E-state index in [9.17, 15) is 0 Å². The molecule has 0 spiro atoms. The molecule has 0 nitrogen and oxygen atoms in total. The van der Waals surface area contributed by atoms with Crippen molar-refractivity contribution in [1.29, 1.82) is 0 Å². The van der Waals surface area contributed by atoms with Crippen molar-refractivity contribution in [3.63, 3.8) is 0 Å². The van der Waals surface area contributed by atoms with Crippen molar-refractivity contribution in [3.8, 4) is 0 Å². The van der Waals surface area contributed by atoms with Crippen LogP contribution in [0.4, 0.5) is 0 Å². The van der Waals surface area contributed by atoms with Crippen LogP contribution in [0.15, 0.2) is 12.1 Å². The minimum absolute atomic E-state index is 0.305. The minimum atomic E-state index is 0.305. The number of hydrogen-bond acceptors (Lipinski definition) is 1. The fraction of sp³-hybridized carbons (Fsp3) is 0.692. The lowest BCUT2D eigenvalue weighted by atomic mass is 9.94. The van der Waals surface area contributed by atoms with Gasteiger partial charge in [-0.2, -0.15) is 0 Å². The SMILES string of the molecule is CC(C)C(C)c1ccc(C(C)(C)C)s1. The Hall–Kier alpha value is -0.300. The van der Waals surface area contributed by atoms with Crippen molar-refractivity contribution in [2.24, 2.45) is 5.92 Å². The summed E-state index contributed by atoms with van der Waals surface area (Å²) in [6, 6.07) is 4.59. The zero-order valence-electron chi connectivity index (χ0n) is 10.2. The molecular weight excluding hydrogens is 188 g/mol. The Labute approximate surface area is 92.4 Å². The van der Waals surface area contributed by atoms with Gasteiger partial charge in [0.05, 0.1) is 0 Å². The van der Waals surface area contributed by atoms with E-state index in [-0.39, 0.29) is 0 Å². The Balaban J connectivity index is 2.89. The van der Waals surface area contributed by atoms with E-state index in [1.54, 1.807) is 0 Å². The van der Waals surface area contributed by atoms with Crippen LogP contribution in [0, 0.1) is 5.92 Å². The molecule has 1 heterocycles. The maximum Gasteiger partial charge on any atom is 0.0102 e. The van der Waals surface area contributed by atoms with Gasteiger partial charge >= 0.3 is 0 Å². The van der Waals surface area contributed by atoms with Crippen LogP contribution in [0.3, 0.4) is 0 Å². The van der Waals surface area contributed by atoms with Crippen LogP contribution in [-0.4, -0.2) is 0 Å². The van der Waals surface area contributed by atoms with E-state index in [0.29, 0.717) is 11.3 Å². The van der Waals surface area contributed by atoms with Gasteiger partial charge in [0.25, 0.3) is 0 Å². The lowest BCUT2D eigenvalue weighted by molar-refractivity contribution is 0.542. The predicted octanol–water partition coefficient (Wildman–Crippen LogP) is 4.81. The summed E-state index contributed by atoms with van der Waals surface area (Å²) < 4.78 is 0. The third-order valence-corrected chi connectivity index (χ3v) is 4.53. The molecule has 0 bridgehead atoms. The third-order valence-electron chi connectivity index (χ3n) is 2.81. The molecule has 0 saturated carbocycles. The molecule has 0 aliphatic carbocycles. The largest absolute Gasteiger partial charge is 0.145 e. The van der Waals surface area contributed by atoms with Crippen LogP contribution in [0.1, 0.15) is 57.2 Å². The second-order valence-electron chi connectivity index (χ2n) is 5.48. The van der Waals surface area contributed by atoms with Gasteiger partial charge in [0, 0.05) is 9.75 Å². The zero-order chi connectivity index (χ0) is 10.9. The average molecular weight is 210 g/mol. The molecule has 0 radical (unpaired) electrons. The summed E-state index contributed by atoms with van der Waals surface area (Å²) in [5.74, 6) is 1.43. The molecular formula is C13H22S. The van der Waals surface area contributed by atoms with Crippen LogP contribution >= 0.6 is 11.3 Å². The summed E-state index contributed by atoms with van der Waals surface area (Å²) in [7, 11) is 0. The molecule has 0 aliphatic rings. The summed E-state index contributed by atoms with van der Waals surface area (Å²) >= 11 is 1.98. The maximum atomic E-state index is 2.32. The van der Waals surface area contributed by atoms with Crippen molar-refractivity contribution >= 4 is 11.3 Å². The highest BCUT2D eigenvalue weighted by Crippen LogP contribution is 2.35. The Morgan fingerprint density at radius 3 is 2.00 bits per heavy atom. The molecule has 0 aromatic carbocycles. The summed E-state index contributed by atoms with van der Waals surface area (Å²) in [4.78, 5) is 3.03. The molecule has 0 N–H and O–H groups in total. The Morgan fingerprint density at radius 2 is 1.64 bits per heavy atom. The number of hydrogen-bond donors (Lipinski definition) is 0. The predicted molar refractivity (Wildman–Crippen MR) is 66.3 cm³/mol. The van der Waals surface area contributed by atoms with Gasteiger partial charge in [-0.05, 0) is 29.4 Å². The van der Waals surface area contributed by atoms with Gasteiger partial charge in [0.2, 0.25) is 0 Å². The molecule has 1 heteroatoms. The summed E-state index contributed by atoms with van der Waals surface area (Å²) in [6.07, 6.45) is 0. The van der Waals surface area contributed by atoms with Gasteiger partial charge < -0.3 is 0 Å². The lowest BCUT2D eigenvalue weighted by Crippen LogP contribution is -2.07. The van der Waals surface area contributed by atoms with Gasteiger partial charge in [0.1, 0.15) is 0 Å². The Morgan fingerprint density at radius 1 is 1.07 bits per heavy atom. The first-order valence-corrected chi connectivity index (χ1v) is 6.24. The van der Waals surface area contributed by atoms with Gasteiger partial charge in [-0.15, -0.1) is 11.3 Å². The van der Waals surface area contributed by atoms with Gasteiger partial charge in [-0.25, -0.2) is 0 Å². The molecule has 0 saturated heterocycles. The van der Waals surface area contributed by atoms with E-state index in [1.807, 2.05) is 11.3 Å². The van der Waals surface area contributed by atoms with E-state index in [0.717, 1.165) is 5.92 Å². The van der Waals surface area contributed by atoms with Crippen LogP contribution in [0.25, 0.3) is 0 Å². The van der Waals surface area contributed by atoms with Crippen molar-refractivity contribution in [2.45, 2.75) is 52.9 Å². The van der Waals surface area contributed by atoms with E-state index >= 15 is 0 Å². The van der Waals surface area contributed by atoms with Crippen molar-refractivity contribution in [3.05, 3.63) is 21.9 Å². The van der Waals surface area contributed by atoms with Crippen LogP contribution in [0.5, 0.6) is 0 Å². The van der Waals surface area contributed by atoms with E-state index in [4.69, 9.17) is 0 Å².